The molecule has 1 aromatic carbocycles. The summed E-state index contributed by atoms with van der Waals surface area (Å²) in [6, 6.07) is 6.75. The summed E-state index contributed by atoms with van der Waals surface area (Å²) in [5.41, 5.74) is -0.321. The smallest absolute Gasteiger partial charge is 0.359 e. The van der Waals surface area contributed by atoms with Crippen molar-refractivity contribution in [3.8, 4) is 17.3 Å². The molecule has 0 amide bonds. The van der Waals surface area contributed by atoms with Crippen molar-refractivity contribution >= 4 is 22.5 Å². The van der Waals surface area contributed by atoms with Crippen LogP contribution in [0, 0.1) is 11.3 Å². The van der Waals surface area contributed by atoms with Crippen LogP contribution in [0.5, 0.6) is 0 Å². The number of para-hydroxylation sites is 1. The standard InChI is InChI=1S/C14H6ClF3N4/c15-13-21-6-10(14(16,17)18)12(22-13)9-5-20-11-7(4-19)2-1-3-8(9)11/h1-3,5-6,20H. The molecule has 0 unspecified atom stereocenters. The molecule has 3 rings (SSSR count). The highest BCUT2D eigenvalue weighted by atomic mass is 35.5. The van der Waals surface area contributed by atoms with E-state index in [4.69, 9.17) is 16.9 Å². The Kier molecular flexibility index (Phi) is 3.26. The van der Waals surface area contributed by atoms with Crippen LogP contribution in [-0.2, 0) is 6.18 Å². The average molecular weight is 323 g/mol. The molecule has 0 bridgehead atoms. The third-order valence-corrected chi connectivity index (χ3v) is 3.34. The molecule has 8 heteroatoms. The number of aromatic amines is 1. The van der Waals surface area contributed by atoms with Crippen LogP contribution in [0.2, 0.25) is 5.28 Å². The maximum Gasteiger partial charge on any atom is 0.419 e. The molecule has 0 aliphatic carbocycles. The summed E-state index contributed by atoms with van der Waals surface area (Å²) >= 11 is 5.64. The minimum atomic E-state index is -4.61. The van der Waals surface area contributed by atoms with Gasteiger partial charge < -0.3 is 4.98 Å². The largest absolute Gasteiger partial charge is 0.419 e. The maximum absolute atomic E-state index is 13.1. The highest BCUT2D eigenvalue weighted by Gasteiger charge is 2.36. The first-order valence-corrected chi connectivity index (χ1v) is 6.40. The van der Waals surface area contributed by atoms with Gasteiger partial charge in [0.05, 0.1) is 16.8 Å². The number of nitriles is 1. The Morgan fingerprint density at radius 2 is 2.05 bits per heavy atom. The van der Waals surface area contributed by atoms with Crippen LogP contribution in [-0.4, -0.2) is 15.0 Å². The van der Waals surface area contributed by atoms with Crippen molar-refractivity contribution in [2.45, 2.75) is 6.18 Å². The van der Waals surface area contributed by atoms with Crippen LogP contribution in [0.15, 0.2) is 30.6 Å². The monoisotopic (exact) mass is 322 g/mol. The summed E-state index contributed by atoms with van der Waals surface area (Å²) < 4.78 is 39.4. The number of H-pyrrole nitrogens is 1. The van der Waals surface area contributed by atoms with Crippen LogP contribution in [0.3, 0.4) is 0 Å². The quantitative estimate of drug-likeness (QED) is 0.684. The highest BCUT2D eigenvalue weighted by molar-refractivity contribution is 6.28. The molecule has 2 heterocycles. The van der Waals surface area contributed by atoms with E-state index in [9.17, 15) is 13.2 Å². The third-order valence-electron chi connectivity index (χ3n) is 3.16. The lowest BCUT2D eigenvalue weighted by Crippen LogP contribution is -2.09. The first kappa shape index (κ1) is 14.4. The molecule has 0 radical (unpaired) electrons. The number of hydrogen-bond acceptors (Lipinski definition) is 3. The van der Waals surface area contributed by atoms with Crippen LogP contribution in [0.1, 0.15) is 11.1 Å². The molecule has 0 spiro atoms. The topological polar surface area (TPSA) is 65.4 Å². The van der Waals surface area contributed by atoms with Crippen LogP contribution >= 0.6 is 11.6 Å². The highest BCUT2D eigenvalue weighted by Crippen LogP contribution is 2.38. The van der Waals surface area contributed by atoms with Gasteiger partial charge in [-0.15, -0.1) is 0 Å². The van der Waals surface area contributed by atoms with Gasteiger partial charge in [-0.05, 0) is 17.7 Å². The summed E-state index contributed by atoms with van der Waals surface area (Å²) in [6.45, 7) is 0. The molecule has 0 aliphatic heterocycles. The maximum atomic E-state index is 13.1. The molecule has 0 atom stereocenters. The molecule has 1 N–H and O–H groups in total. The summed E-state index contributed by atoms with van der Waals surface area (Å²) in [7, 11) is 0. The van der Waals surface area contributed by atoms with E-state index in [1.165, 1.54) is 6.20 Å². The minimum Gasteiger partial charge on any atom is -0.359 e. The van der Waals surface area contributed by atoms with Crippen molar-refractivity contribution in [1.82, 2.24) is 15.0 Å². The lowest BCUT2D eigenvalue weighted by molar-refractivity contribution is -0.137. The molecule has 0 fully saturated rings. The van der Waals surface area contributed by atoms with Crippen LogP contribution in [0.4, 0.5) is 13.2 Å². The second-order valence-corrected chi connectivity index (χ2v) is 4.78. The number of hydrogen-bond donors (Lipinski definition) is 1. The number of fused-ring (bicyclic) bond motifs is 1. The lowest BCUT2D eigenvalue weighted by Gasteiger charge is -2.11. The Balaban J connectivity index is 2.34. The Bertz CT molecular complexity index is 909. The Morgan fingerprint density at radius 3 is 2.73 bits per heavy atom. The zero-order valence-corrected chi connectivity index (χ0v) is 11.5. The number of halogens is 4. The summed E-state index contributed by atoms with van der Waals surface area (Å²) in [5.74, 6) is 0. The van der Waals surface area contributed by atoms with Gasteiger partial charge in [0.2, 0.25) is 5.28 Å². The predicted octanol–water partition coefficient (Wildman–Crippen LogP) is 4.17. The van der Waals surface area contributed by atoms with E-state index in [1.54, 1.807) is 18.2 Å². The van der Waals surface area contributed by atoms with E-state index >= 15 is 0 Å². The Hall–Kier alpha value is -2.59. The molecule has 4 nitrogen and oxygen atoms in total. The van der Waals surface area contributed by atoms with Gasteiger partial charge in [0, 0.05) is 23.3 Å². The van der Waals surface area contributed by atoms with Gasteiger partial charge in [0.25, 0.3) is 0 Å². The zero-order chi connectivity index (χ0) is 15.9. The van der Waals surface area contributed by atoms with Crippen LogP contribution in [0.25, 0.3) is 22.2 Å². The summed E-state index contributed by atoms with van der Waals surface area (Å²) in [5, 5.41) is 9.22. The van der Waals surface area contributed by atoms with Crippen molar-refractivity contribution in [2.75, 3.05) is 0 Å². The van der Waals surface area contributed by atoms with Crippen molar-refractivity contribution in [3.05, 3.63) is 47.0 Å². The normalized spacial score (nSPS) is 11.6. The predicted molar refractivity (Wildman–Crippen MR) is 74.1 cm³/mol. The van der Waals surface area contributed by atoms with E-state index in [1.807, 2.05) is 6.07 Å². The number of alkyl halides is 3. The van der Waals surface area contributed by atoms with E-state index in [0.717, 1.165) is 0 Å². The molecule has 3 aromatic rings. The fourth-order valence-corrected chi connectivity index (χ4v) is 2.35. The van der Waals surface area contributed by atoms with E-state index in [0.29, 0.717) is 22.7 Å². The summed E-state index contributed by atoms with van der Waals surface area (Å²) in [6.07, 6.45) is -2.59. The first-order chi connectivity index (χ1) is 10.4. The molecule has 2 aromatic heterocycles. The van der Waals surface area contributed by atoms with Gasteiger partial charge in [0.1, 0.15) is 11.6 Å². The van der Waals surface area contributed by atoms with E-state index in [-0.39, 0.29) is 16.5 Å². The van der Waals surface area contributed by atoms with Gasteiger partial charge >= 0.3 is 6.18 Å². The third kappa shape index (κ3) is 2.27. The molecule has 22 heavy (non-hydrogen) atoms. The molecule has 110 valence electrons. The Morgan fingerprint density at radius 1 is 1.27 bits per heavy atom. The fourth-order valence-electron chi connectivity index (χ4n) is 2.22. The van der Waals surface area contributed by atoms with Gasteiger partial charge in [-0.3, -0.25) is 0 Å². The van der Waals surface area contributed by atoms with E-state index in [2.05, 4.69) is 15.0 Å². The minimum absolute atomic E-state index is 0.212. The van der Waals surface area contributed by atoms with Crippen molar-refractivity contribution < 1.29 is 13.2 Å². The number of nitrogens with zero attached hydrogens (tertiary/aromatic N) is 3. The van der Waals surface area contributed by atoms with Crippen molar-refractivity contribution in [1.29, 1.82) is 5.26 Å². The van der Waals surface area contributed by atoms with Gasteiger partial charge in [-0.2, -0.15) is 18.4 Å². The molecule has 0 saturated heterocycles. The van der Waals surface area contributed by atoms with Gasteiger partial charge in [0.15, 0.2) is 0 Å². The average Bonchev–Trinajstić information content (AvgIpc) is 2.89. The van der Waals surface area contributed by atoms with E-state index < -0.39 is 11.7 Å². The fraction of sp³-hybridized carbons (Fsp3) is 0.0714. The number of rotatable bonds is 1. The van der Waals surface area contributed by atoms with Crippen molar-refractivity contribution in [3.63, 3.8) is 0 Å². The number of benzene rings is 1. The first-order valence-electron chi connectivity index (χ1n) is 6.02. The van der Waals surface area contributed by atoms with Crippen molar-refractivity contribution in [2.24, 2.45) is 0 Å². The zero-order valence-electron chi connectivity index (χ0n) is 10.7. The lowest BCUT2D eigenvalue weighted by atomic mass is 10.0. The Labute approximate surface area is 127 Å². The SMILES string of the molecule is N#Cc1cccc2c(-c3nc(Cl)ncc3C(F)(F)F)c[nH]c12. The second kappa shape index (κ2) is 5.00. The van der Waals surface area contributed by atoms with Gasteiger partial charge in [-0.1, -0.05) is 12.1 Å². The summed E-state index contributed by atoms with van der Waals surface area (Å²) in [4.78, 5) is 9.93. The molecule has 0 saturated carbocycles. The molecular weight excluding hydrogens is 317 g/mol. The molecule has 0 aliphatic rings. The number of aromatic nitrogens is 3. The second-order valence-electron chi connectivity index (χ2n) is 4.44. The molecular formula is C14H6ClF3N4. The van der Waals surface area contributed by atoms with Crippen LogP contribution < -0.4 is 0 Å². The number of nitrogens with one attached hydrogen (secondary N) is 1. The van der Waals surface area contributed by atoms with Gasteiger partial charge in [-0.25, -0.2) is 9.97 Å².